The Bertz CT molecular complexity index is 517. The Labute approximate surface area is 124 Å². The van der Waals surface area contributed by atoms with Crippen LogP contribution in [0.25, 0.3) is 0 Å². The number of hydrogen-bond donors (Lipinski definition) is 0. The van der Waals surface area contributed by atoms with E-state index in [0.717, 1.165) is 33.4 Å². The van der Waals surface area contributed by atoms with E-state index in [4.69, 9.17) is 0 Å². The quantitative estimate of drug-likeness (QED) is 0.821. The molecule has 3 nitrogen and oxygen atoms in total. The molecule has 0 saturated heterocycles. The monoisotopic (exact) mass is 369 g/mol. The molecule has 0 aromatic carbocycles. The molecule has 2 rings (SSSR count). The van der Waals surface area contributed by atoms with Gasteiger partial charge < -0.3 is 4.90 Å². The summed E-state index contributed by atoms with van der Waals surface area (Å²) < 4.78 is 1.96. The Morgan fingerprint density at radius 3 is 2.72 bits per heavy atom. The van der Waals surface area contributed by atoms with E-state index in [9.17, 15) is 0 Å². The van der Waals surface area contributed by atoms with Crippen molar-refractivity contribution >= 4 is 37.7 Å². The molecule has 0 atom stereocenters. The predicted octanol–water partition coefficient (Wildman–Crippen LogP) is 3.68. The zero-order valence-corrected chi connectivity index (χ0v) is 13.1. The Hall–Kier alpha value is -0.940. The van der Waals surface area contributed by atoms with E-state index in [-0.39, 0.29) is 0 Å². The molecular formula is C13H13Br2N3. The van der Waals surface area contributed by atoms with Crippen LogP contribution in [0.4, 0.5) is 5.82 Å². The highest BCUT2D eigenvalue weighted by molar-refractivity contribution is 9.11. The highest BCUT2D eigenvalue weighted by Gasteiger charge is 2.08. The van der Waals surface area contributed by atoms with Crippen LogP contribution in [0.5, 0.6) is 0 Å². The van der Waals surface area contributed by atoms with E-state index in [0.29, 0.717) is 0 Å². The molecule has 94 valence electrons. The molecule has 0 radical (unpaired) electrons. The molecule has 18 heavy (non-hydrogen) atoms. The van der Waals surface area contributed by atoms with Crippen LogP contribution < -0.4 is 4.90 Å². The average Bonchev–Trinajstić information content (AvgIpc) is 2.37. The molecule has 0 aliphatic carbocycles. The molecule has 0 spiro atoms. The summed E-state index contributed by atoms with van der Waals surface area (Å²) in [5.41, 5.74) is 1.09. The number of aromatic nitrogens is 2. The van der Waals surface area contributed by atoms with Gasteiger partial charge in [-0.15, -0.1) is 0 Å². The summed E-state index contributed by atoms with van der Waals surface area (Å²) in [6, 6.07) is 7.98. The highest BCUT2D eigenvalue weighted by Crippen LogP contribution is 2.25. The zero-order valence-electron chi connectivity index (χ0n) is 9.98. The SMILES string of the molecule is CN(CCc1ccccn1)c1ncc(Br)cc1Br. The maximum atomic E-state index is 4.40. The minimum absolute atomic E-state index is 0.879. The van der Waals surface area contributed by atoms with Crippen molar-refractivity contribution in [1.82, 2.24) is 9.97 Å². The van der Waals surface area contributed by atoms with Crippen LogP contribution in [0.3, 0.4) is 0 Å². The van der Waals surface area contributed by atoms with Gasteiger partial charge in [0, 0.05) is 42.6 Å². The van der Waals surface area contributed by atoms with E-state index in [2.05, 4.69) is 46.7 Å². The summed E-state index contributed by atoms with van der Waals surface area (Å²) in [6.07, 6.45) is 4.53. The standard InChI is InChI=1S/C13H13Br2N3/c1-18(7-5-11-4-2-3-6-16-11)13-12(15)8-10(14)9-17-13/h2-4,6,8-9H,5,7H2,1H3. The molecule has 0 N–H and O–H groups in total. The topological polar surface area (TPSA) is 29.0 Å². The van der Waals surface area contributed by atoms with Gasteiger partial charge in [0.15, 0.2) is 0 Å². The number of rotatable bonds is 4. The molecule has 2 heterocycles. The molecule has 0 amide bonds. The zero-order chi connectivity index (χ0) is 13.0. The van der Waals surface area contributed by atoms with Crippen LogP contribution >= 0.6 is 31.9 Å². The first-order valence-electron chi connectivity index (χ1n) is 5.59. The number of hydrogen-bond acceptors (Lipinski definition) is 3. The lowest BCUT2D eigenvalue weighted by molar-refractivity contribution is 0.836. The average molecular weight is 371 g/mol. The molecule has 5 heteroatoms. The summed E-state index contributed by atoms with van der Waals surface area (Å²) in [6.45, 7) is 0.879. The first kappa shape index (κ1) is 13.5. The number of halogens is 2. The van der Waals surface area contributed by atoms with Crippen LogP contribution in [-0.4, -0.2) is 23.6 Å². The minimum atomic E-state index is 0.879. The highest BCUT2D eigenvalue weighted by atomic mass is 79.9. The van der Waals surface area contributed by atoms with Gasteiger partial charge >= 0.3 is 0 Å². The van der Waals surface area contributed by atoms with Crippen molar-refractivity contribution in [3.63, 3.8) is 0 Å². The molecule has 0 bridgehead atoms. The maximum Gasteiger partial charge on any atom is 0.142 e. The van der Waals surface area contributed by atoms with Crippen molar-refractivity contribution in [2.75, 3.05) is 18.5 Å². The second kappa shape index (κ2) is 6.29. The van der Waals surface area contributed by atoms with Gasteiger partial charge in [-0.3, -0.25) is 4.98 Å². The van der Waals surface area contributed by atoms with Crippen molar-refractivity contribution in [3.05, 3.63) is 51.3 Å². The molecule has 2 aromatic rings. The number of anilines is 1. The fraction of sp³-hybridized carbons (Fsp3) is 0.231. The second-order valence-electron chi connectivity index (χ2n) is 3.95. The van der Waals surface area contributed by atoms with Gasteiger partial charge in [0.2, 0.25) is 0 Å². The van der Waals surface area contributed by atoms with Crippen molar-refractivity contribution < 1.29 is 0 Å². The van der Waals surface area contributed by atoms with Crippen LogP contribution in [-0.2, 0) is 6.42 Å². The van der Waals surface area contributed by atoms with Gasteiger partial charge in [0.1, 0.15) is 5.82 Å². The van der Waals surface area contributed by atoms with Crippen LogP contribution in [0.1, 0.15) is 5.69 Å². The molecular weight excluding hydrogens is 358 g/mol. The van der Waals surface area contributed by atoms with Gasteiger partial charge in [-0.25, -0.2) is 4.98 Å². The first-order chi connectivity index (χ1) is 8.66. The van der Waals surface area contributed by atoms with Gasteiger partial charge in [-0.1, -0.05) is 6.07 Å². The van der Waals surface area contributed by atoms with Crippen LogP contribution in [0.15, 0.2) is 45.6 Å². The van der Waals surface area contributed by atoms with Gasteiger partial charge in [-0.05, 0) is 50.1 Å². The van der Waals surface area contributed by atoms with Crippen molar-refractivity contribution in [2.24, 2.45) is 0 Å². The Morgan fingerprint density at radius 1 is 1.22 bits per heavy atom. The molecule has 0 fully saturated rings. The van der Waals surface area contributed by atoms with Crippen molar-refractivity contribution in [2.45, 2.75) is 6.42 Å². The lowest BCUT2D eigenvalue weighted by atomic mass is 10.2. The van der Waals surface area contributed by atoms with E-state index in [1.807, 2.05) is 37.5 Å². The van der Waals surface area contributed by atoms with Gasteiger partial charge in [0.05, 0.1) is 4.47 Å². The van der Waals surface area contributed by atoms with E-state index < -0.39 is 0 Å². The maximum absolute atomic E-state index is 4.40. The lowest BCUT2D eigenvalue weighted by Crippen LogP contribution is -2.22. The molecule has 0 unspecified atom stereocenters. The summed E-state index contributed by atoms with van der Waals surface area (Å²) >= 11 is 6.92. The molecule has 0 aliphatic rings. The van der Waals surface area contributed by atoms with Crippen LogP contribution in [0.2, 0.25) is 0 Å². The van der Waals surface area contributed by atoms with Crippen LogP contribution in [0, 0.1) is 0 Å². The summed E-state index contributed by atoms with van der Waals surface area (Å²) in [5.74, 6) is 0.939. The fourth-order valence-electron chi connectivity index (χ4n) is 1.62. The molecule has 0 saturated carbocycles. The normalized spacial score (nSPS) is 10.4. The minimum Gasteiger partial charge on any atom is -0.358 e. The lowest BCUT2D eigenvalue weighted by Gasteiger charge is -2.19. The Kier molecular flexibility index (Phi) is 4.72. The largest absolute Gasteiger partial charge is 0.358 e. The smallest absolute Gasteiger partial charge is 0.142 e. The molecule has 2 aromatic heterocycles. The van der Waals surface area contributed by atoms with Crippen molar-refractivity contribution in [3.8, 4) is 0 Å². The number of likely N-dealkylation sites (N-methyl/N-ethyl adjacent to an activating group) is 1. The molecule has 0 aliphatic heterocycles. The first-order valence-corrected chi connectivity index (χ1v) is 7.17. The fourth-order valence-corrected chi connectivity index (χ4v) is 2.91. The number of nitrogens with zero attached hydrogens (tertiary/aromatic N) is 3. The van der Waals surface area contributed by atoms with Gasteiger partial charge in [-0.2, -0.15) is 0 Å². The summed E-state index contributed by atoms with van der Waals surface area (Å²) in [5, 5.41) is 0. The van der Waals surface area contributed by atoms with Crippen molar-refractivity contribution in [1.29, 1.82) is 0 Å². The van der Waals surface area contributed by atoms with E-state index in [1.54, 1.807) is 6.20 Å². The predicted molar refractivity (Wildman–Crippen MR) is 80.8 cm³/mol. The Morgan fingerprint density at radius 2 is 2.06 bits per heavy atom. The Balaban J connectivity index is 2.01. The third kappa shape index (κ3) is 3.53. The van der Waals surface area contributed by atoms with Gasteiger partial charge in [0.25, 0.3) is 0 Å². The van der Waals surface area contributed by atoms with E-state index in [1.165, 1.54) is 0 Å². The summed E-state index contributed by atoms with van der Waals surface area (Å²) in [4.78, 5) is 10.8. The second-order valence-corrected chi connectivity index (χ2v) is 5.72. The third-order valence-electron chi connectivity index (χ3n) is 2.58. The number of pyridine rings is 2. The summed E-state index contributed by atoms with van der Waals surface area (Å²) in [7, 11) is 2.03. The van der Waals surface area contributed by atoms with E-state index >= 15 is 0 Å². The third-order valence-corrected chi connectivity index (χ3v) is 3.60.